The van der Waals surface area contributed by atoms with Crippen molar-refractivity contribution in [1.29, 1.82) is 0 Å². The van der Waals surface area contributed by atoms with Crippen LogP contribution < -0.4 is 15.5 Å². The number of rotatable bonds is 6. The summed E-state index contributed by atoms with van der Waals surface area (Å²) in [5.74, 6) is -1.86. The smallest absolute Gasteiger partial charge is 0.270 e. The van der Waals surface area contributed by atoms with Crippen LogP contribution in [0.1, 0.15) is 36.2 Å². The summed E-state index contributed by atoms with van der Waals surface area (Å²) in [6.07, 6.45) is 3.56. The van der Waals surface area contributed by atoms with Gasteiger partial charge in [0.1, 0.15) is 11.7 Å². The lowest BCUT2D eigenvalue weighted by Crippen LogP contribution is -2.44. The molecule has 3 aromatic rings. The molecule has 0 saturated carbocycles. The Balaban J connectivity index is 1.44. The second-order valence-corrected chi connectivity index (χ2v) is 8.10. The third kappa shape index (κ3) is 4.39. The molecule has 1 amide bonds. The van der Waals surface area contributed by atoms with Crippen LogP contribution in [0.4, 0.5) is 26.2 Å². The van der Waals surface area contributed by atoms with Gasteiger partial charge in [-0.3, -0.25) is 9.48 Å². The van der Waals surface area contributed by atoms with Crippen molar-refractivity contribution in [2.24, 2.45) is 0 Å². The molecular formula is C22H25F2N7O. The first-order valence-electron chi connectivity index (χ1n) is 10.3. The van der Waals surface area contributed by atoms with Gasteiger partial charge in [-0.25, -0.2) is 13.8 Å². The van der Waals surface area contributed by atoms with Gasteiger partial charge in [0.15, 0.2) is 5.82 Å². The van der Waals surface area contributed by atoms with Crippen molar-refractivity contribution in [3.8, 4) is 0 Å². The molecule has 0 bridgehead atoms. The number of nitrogens with one attached hydrogen (secondary N) is 2. The summed E-state index contributed by atoms with van der Waals surface area (Å²) in [5.41, 5.74) is 2.93. The highest BCUT2D eigenvalue weighted by Crippen LogP contribution is 2.32. The zero-order chi connectivity index (χ0) is 23.0. The molecular weight excluding hydrogens is 416 g/mol. The monoisotopic (exact) mass is 441 g/mol. The van der Waals surface area contributed by atoms with Crippen molar-refractivity contribution in [3.05, 3.63) is 59.0 Å². The summed E-state index contributed by atoms with van der Waals surface area (Å²) in [4.78, 5) is 22.9. The van der Waals surface area contributed by atoms with E-state index in [9.17, 15) is 13.6 Å². The number of aryl methyl sites for hydroxylation is 1. The van der Waals surface area contributed by atoms with E-state index >= 15 is 0 Å². The molecule has 4 rings (SSSR count). The largest absolute Gasteiger partial charge is 0.350 e. The van der Waals surface area contributed by atoms with E-state index in [2.05, 4.69) is 25.7 Å². The van der Waals surface area contributed by atoms with Gasteiger partial charge >= 0.3 is 0 Å². The first kappa shape index (κ1) is 21.7. The standard InChI is InChI=1S/C22H25F2N7O/c1-13-18-19(30(4)14(2)20(32)28-18)29-21(27-13)25-9-16-10-26-31(12-16)11-15-6-5-7-17(8-15)22(3,23)24/h5-8,10,12,14H,9,11H2,1-4H3,(H,28,32)(H,25,27,29)/t14-/m0/s1. The third-order valence-electron chi connectivity index (χ3n) is 5.53. The number of fused-ring (bicyclic) bond motifs is 1. The van der Waals surface area contributed by atoms with Crippen LogP contribution >= 0.6 is 0 Å². The van der Waals surface area contributed by atoms with Gasteiger partial charge in [-0.2, -0.15) is 10.1 Å². The first-order chi connectivity index (χ1) is 15.1. The highest BCUT2D eigenvalue weighted by Gasteiger charge is 2.30. The van der Waals surface area contributed by atoms with Crippen molar-refractivity contribution in [3.63, 3.8) is 0 Å². The molecule has 168 valence electrons. The van der Waals surface area contributed by atoms with Gasteiger partial charge in [0.25, 0.3) is 5.92 Å². The number of anilines is 3. The number of nitrogens with zero attached hydrogens (tertiary/aromatic N) is 5. The van der Waals surface area contributed by atoms with Crippen molar-refractivity contribution in [2.45, 2.75) is 45.8 Å². The van der Waals surface area contributed by atoms with Gasteiger partial charge in [-0.1, -0.05) is 18.2 Å². The lowest BCUT2D eigenvalue weighted by atomic mass is 10.1. The van der Waals surface area contributed by atoms with E-state index < -0.39 is 5.92 Å². The van der Waals surface area contributed by atoms with E-state index in [0.29, 0.717) is 36.2 Å². The van der Waals surface area contributed by atoms with Gasteiger partial charge in [0, 0.05) is 37.8 Å². The van der Waals surface area contributed by atoms with Crippen LogP contribution in [0.5, 0.6) is 0 Å². The van der Waals surface area contributed by atoms with E-state index in [-0.39, 0.29) is 17.5 Å². The molecule has 0 fully saturated rings. The van der Waals surface area contributed by atoms with Crippen LogP contribution in [-0.4, -0.2) is 38.7 Å². The summed E-state index contributed by atoms with van der Waals surface area (Å²) in [6, 6.07) is 6.03. The number of benzene rings is 1. The maximum Gasteiger partial charge on any atom is 0.270 e. The maximum absolute atomic E-state index is 13.6. The minimum Gasteiger partial charge on any atom is -0.350 e. The maximum atomic E-state index is 13.6. The molecule has 8 nitrogen and oxygen atoms in total. The number of amides is 1. The predicted octanol–water partition coefficient (Wildman–Crippen LogP) is 3.53. The Bertz CT molecular complexity index is 1160. The number of hydrogen-bond acceptors (Lipinski definition) is 6. The number of likely N-dealkylation sites (N-methyl/N-ethyl adjacent to an activating group) is 1. The molecule has 1 aliphatic rings. The number of halogens is 2. The first-order valence-corrected chi connectivity index (χ1v) is 10.3. The van der Waals surface area contributed by atoms with Gasteiger partial charge in [-0.05, 0) is 25.5 Å². The fourth-order valence-corrected chi connectivity index (χ4v) is 3.52. The molecule has 3 heterocycles. The van der Waals surface area contributed by atoms with Crippen LogP contribution in [0.25, 0.3) is 0 Å². The van der Waals surface area contributed by atoms with Crippen molar-refractivity contribution >= 4 is 23.4 Å². The summed E-state index contributed by atoms with van der Waals surface area (Å²) in [6.45, 7) is 5.36. The quantitative estimate of drug-likeness (QED) is 0.609. The number of carbonyl (C=O) groups is 1. The molecule has 0 spiro atoms. The summed E-state index contributed by atoms with van der Waals surface area (Å²) >= 11 is 0. The van der Waals surface area contributed by atoms with Crippen molar-refractivity contribution < 1.29 is 13.6 Å². The van der Waals surface area contributed by atoms with Gasteiger partial charge in [0.05, 0.1) is 18.4 Å². The second-order valence-electron chi connectivity index (χ2n) is 8.10. The Morgan fingerprint density at radius 1 is 1.25 bits per heavy atom. The molecule has 0 radical (unpaired) electrons. The van der Waals surface area contributed by atoms with Gasteiger partial charge < -0.3 is 15.5 Å². The minimum atomic E-state index is -2.88. The Morgan fingerprint density at radius 2 is 2.03 bits per heavy atom. The lowest BCUT2D eigenvalue weighted by molar-refractivity contribution is -0.117. The molecule has 1 atom stereocenters. The average Bonchev–Trinajstić information content (AvgIpc) is 3.18. The van der Waals surface area contributed by atoms with E-state index in [1.165, 1.54) is 12.1 Å². The topological polar surface area (TPSA) is 88.0 Å². The van der Waals surface area contributed by atoms with Crippen LogP contribution in [-0.2, 0) is 23.8 Å². The zero-order valence-electron chi connectivity index (χ0n) is 18.4. The molecule has 0 saturated heterocycles. The van der Waals surface area contributed by atoms with Crippen LogP contribution in [0.3, 0.4) is 0 Å². The fourth-order valence-electron chi connectivity index (χ4n) is 3.52. The zero-order valence-corrected chi connectivity index (χ0v) is 18.4. The molecule has 1 aromatic carbocycles. The van der Waals surface area contributed by atoms with Gasteiger partial charge in [0.2, 0.25) is 11.9 Å². The molecule has 10 heteroatoms. The molecule has 2 aromatic heterocycles. The third-order valence-corrected chi connectivity index (χ3v) is 5.53. The van der Waals surface area contributed by atoms with Crippen molar-refractivity contribution in [1.82, 2.24) is 19.7 Å². The summed E-state index contributed by atoms with van der Waals surface area (Å²) < 4.78 is 28.8. The lowest BCUT2D eigenvalue weighted by Gasteiger charge is -2.32. The number of carbonyl (C=O) groups excluding carboxylic acids is 1. The molecule has 1 aliphatic heterocycles. The molecule has 0 unspecified atom stereocenters. The second kappa shape index (κ2) is 8.18. The Morgan fingerprint density at radius 3 is 2.78 bits per heavy atom. The Labute approximate surface area is 184 Å². The highest BCUT2D eigenvalue weighted by atomic mass is 19.3. The van der Waals surface area contributed by atoms with Crippen LogP contribution in [0.2, 0.25) is 0 Å². The number of aromatic nitrogens is 4. The molecule has 2 N–H and O–H groups in total. The van der Waals surface area contributed by atoms with E-state index in [1.54, 1.807) is 23.0 Å². The molecule has 32 heavy (non-hydrogen) atoms. The summed E-state index contributed by atoms with van der Waals surface area (Å²) in [7, 11) is 1.83. The SMILES string of the molecule is Cc1nc(NCc2cnn(Cc3cccc(C(C)(F)F)c3)c2)nc2c1NC(=O)[C@H](C)N2C. The minimum absolute atomic E-state index is 0.0144. The van der Waals surface area contributed by atoms with E-state index in [1.807, 2.05) is 32.0 Å². The number of hydrogen-bond donors (Lipinski definition) is 2. The summed E-state index contributed by atoms with van der Waals surface area (Å²) in [5, 5.41) is 10.4. The predicted molar refractivity (Wildman–Crippen MR) is 118 cm³/mol. The van der Waals surface area contributed by atoms with E-state index in [4.69, 9.17) is 0 Å². The van der Waals surface area contributed by atoms with E-state index in [0.717, 1.165) is 18.1 Å². The fraction of sp³-hybridized carbons (Fsp3) is 0.364. The molecule has 0 aliphatic carbocycles. The van der Waals surface area contributed by atoms with Crippen LogP contribution in [0, 0.1) is 6.92 Å². The average molecular weight is 441 g/mol. The van der Waals surface area contributed by atoms with Crippen molar-refractivity contribution in [2.75, 3.05) is 22.6 Å². The van der Waals surface area contributed by atoms with Crippen LogP contribution in [0.15, 0.2) is 36.7 Å². The van der Waals surface area contributed by atoms with Gasteiger partial charge in [-0.15, -0.1) is 0 Å². The highest BCUT2D eigenvalue weighted by molar-refractivity contribution is 6.03. The Kier molecular flexibility index (Phi) is 5.53. The Hall–Kier alpha value is -3.56. The normalized spacial score (nSPS) is 16.0. The number of alkyl halides is 2.